The molecule has 0 amide bonds. The summed E-state index contributed by atoms with van der Waals surface area (Å²) < 4.78 is 0. The third-order valence-electron chi connectivity index (χ3n) is 3.40. The largest absolute Gasteiger partial charge is 0.330 e. The molecule has 88 valence electrons. The van der Waals surface area contributed by atoms with E-state index in [2.05, 4.69) is 15.3 Å². The van der Waals surface area contributed by atoms with Crippen LogP contribution in [-0.2, 0) is 6.54 Å². The molecule has 1 aromatic heterocycles. The van der Waals surface area contributed by atoms with E-state index < -0.39 is 0 Å². The van der Waals surface area contributed by atoms with Crippen molar-refractivity contribution in [2.24, 2.45) is 11.7 Å². The van der Waals surface area contributed by atoms with Crippen LogP contribution in [0.3, 0.4) is 0 Å². The molecule has 4 nitrogen and oxygen atoms in total. The Labute approximate surface area is 96.7 Å². The van der Waals surface area contributed by atoms with Gasteiger partial charge in [0, 0.05) is 18.8 Å². The molecule has 2 rings (SSSR count). The van der Waals surface area contributed by atoms with Crippen LogP contribution in [0.1, 0.15) is 31.4 Å². The lowest BCUT2D eigenvalue weighted by molar-refractivity contribution is 0.266. The molecule has 4 heteroatoms. The molecular weight excluding hydrogens is 200 g/mol. The molecule has 1 aliphatic carbocycles. The van der Waals surface area contributed by atoms with Crippen molar-refractivity contribution in [3.63, 3.8) is 0 Å². The van der Waals surface area contributed by atoms with Crippen LogP contribution in [-0.4, -0.2) is 22.6 Å². The first-order chi connectivity index (χ1) is 7.90. The molecule has 0 radical (unpaired) electrons. The molecule has 0 spiro atoms. The summed E-state index contributed by atoms with van der Waals surface area (Å²) in [6.07, 6.45) is 8.53. The lowest BCUT2D eigenvalue weighted by atomic mass is 9.84. The fraction of sp³-hybridized carbons (Fsp3) is 0.667. The zero-order valence-electron chi connectivity index (χ0n) is 9.60. The molecule has 0 aliphatic heterocycles. The maximum atomic E-state index is 5.80. The Morgan fingerprint density at radius 3 is 3.00 bits per heavy atom. The Balaban J connectivity index is 1.84. The van der Waals surface area contributed by atoms with Crippen molar-refractivity contribution in [2.75, 3.05) is 6.54 Å². The number of nitrogens with zero attached hydrogens (tertiary/aromatic N) is 2. The second-order valence-corrected chi connectivity index (χ2v) is 4.47. The van der Waals surface area contributed by atoms with Crippen molar-refractivity contribution in [3.8, 4) is 0 Å². The van der Waals surface area contributed by atoms with Gasteiger partial charge in [0.05, 0.1) is 5.69 Å². The molecule has 0 saturated heterocycles. The minimum absolute atomic E-state index is 0.564. The molecule has 1 aliphatic rings. The highest BCUT2D eigenvalue weighted by Crippen LogP contribution is 2.23. The number of hydrogen-bond acceptors (Lipinski definition) is 4. The van der Waals surface area contributed by atoms with Gasteiger partial charge in [-0.2, -0.15) is 0 Å². The van der Waals surface area contributed by atoms with E-state index in [1.54, 1.807) is 12.5 Å². The second-order valence-electron chi connectivity index (χ2n) is 4.47. The van der Waals surface area contributed by atoms with E-state index in [4.69, 9.17) is 5.73 Å². The molecule has 3 N–H and O–H groups in total. The molecule has 0 aromatic carbocycles. The lowest BCUT2D eigenvalue weighted by Crippen LogP contribution is -2.41. The Morgan fingerprint density at radius 2 is 2.25 bits per heavy atom. The molecule has 2 atom stereocenters. The molecular formula is C12H20N4. The summed E-state index contributed by atoms with van der Waals surface area (Å²) in [5.41, 5.74) is 6.85. The van der Waals surface area contributed by atoms with Gasteiger partial charge < -0.3 is 11.1 Å². The van der Waals surface area contributed by atoms with Crippen LogP contribution in [0, 0.1) is 5.92 Å². The van der Waals surface area contributed by atoms with Gasteiger partial charge in [0.2, 0.25) is 0 Å². The maximum Gasteiger partial charge on any atom is 0.115 e. The third kappa shape index (κ3) is 3.00. The predicted octanol–water partition coefficient (Wildman–Crippen LogP) is 1.08. The van der Waals surface area contributed by atoms with E-state index in [0.717, 1.165) is 18.8 Å². The summed E-state index contributed by atoms with van der Waals surface area (Å²) in [6.45, 7) is 1.62. The van der Waals surface area contributed by atoms with Crippen LogP contribution < -0.4 is 11.1 Å². The highest BCUT2D eigenvalue weighted by Gasteiger charge is 2.23. The zero-order chi connectivity index (χ0) is 11.2. The molecule has 1 saturated carbocycles. The molecule has 1 fully saturated rings. The van der Waals surface area contributed by atoms with E-state index in [9.17, 15) is 0 Å². The zero-order valence-corrected chi connectivity index (χ0v) is 9.60. The van der Waals surface area contributed by atoms with Gasteiger partial charge in [0.25, 0.3) is 0 Å². The summed E-state index contributed by atoms with van der Waals surface area (Å²) in [5, 5.41) is 3.57. The van der Waals surface area contributed by atoms with Gasteiger partial charge in [-0.1, -0.05) is 12.8 Å². The Hall–Kier alpha value is -1.00. The minimum Gasteiger partial charge on any atom is -0.330 e. The Morgan fingerprint density at radius 1 is 1.38 bits per heavy atom. The van der Waals surface area contributed by atoms with Crippen LogP contribution in [0.2, 0.25) is 0 Å². The van der Waals surface area contributed by atoms with E-state index in [1.165, 1.54) is 25.7 Å². The standard InChI is InChI=1S/C12H20N4/c13-7-10-3-1-2-4-12(10)15-8-11-5-6-14-9-16-11/h5-6,9-10,12,15H,1-4,7-8,13H2. The Kier molecular flexibility index (Phi) is 4.25. The predicted molar refractivity (Wildman–Crippen MR) is 63.7 cm³/mol. The highest BCUT2D eigenvalue weighted by molar-refractivity contribution is 4.98. The van der Waals surface area contributed by atoms with Crippen molar-refractivity contribution in [1.82, 2.24) is 15.3 Å². The number of nitrogens with two attached hydrogens (primary N) is 1. The summed E-state index contributed by atoms with van der Waals surface area (Å²) in [4.78, 5) is 8.12. The first-order valence-electron chi connectivity index (χ1n) is 6.08. The average molecular weight is 220 g/mol. The fourth-order valence-electron chi connectivity index (χ4n) is 2.42. The molecule has 0 bridgehead atoms. The van der Waals surface area contributed by atoms with E-state index >= 15 is 0 Å². The van der Waals surface area contributed by atoms with Crippen molar-refractivity contribution in [3.05, 3.63) is 24.3 Å². The van der Waals surface area contributed by atoms with Gasteiger partial charge in [0.15, 0.2) is 0 Å². The van der Waals surface area contributed by atoms with E-state index in [0.29, 0.717) is 12.0 Å². The quantitative estimate of drug-likeness (QED) is 0.797. The van der Waals surface area contributed by atoms with Crippen LogP contribution >= 0.6 is 0 Å². The number of hydrogen-bond donors (Lipinski definition) is 2. The maximum absolute atomic E-state index is 5.80. The number of rotatable bonds is 4. The van der Waals surface area contributed by atoms with Gasteiger partial charge in [0.1, 0.15) is 6.33 Å². The van der Waals surface area contributed by atoms with Gasteiger partial charge in [-0.15, -0.1) is 0 Å². The second kappa shape index (κ2) is 5.92. The van der Waals surface area contributed by atoms with Gasteiger partial charge in [-0.3, -0.25) is 0 Å². The lowest BCUT2D eigenvalue weighted by Gasteiger charge is -2.31. The van der Waals surface area contributed by atoms with Crippen LogP contribution in [0.4, 0.5) is 0 Å². The highest BCUT2D eigenvalue weighted by atomic mass is 15.0. The van der Waals surface area contributed by atoms with Crippen molar-refractivity contribution in [1.29, 1.82) is 0 Å². The van der Waals surface area contributed by atoms with E-state index in [1.807, 2.05) is 6.07 Å². The van der Waals surface area contributed by atoms with Gasteiger partial charge in [-0.05, 0) is 31.4 Å². The first-order valence-corrected chi connectivity index (χ1v) is 6.08. The van der Waals surface area contributed by atoms with Crippen LogP contribution in [0.25, 0.3) is 0 Å². The summed E-state index contributed by atoms with van der Waals surface area (Å²) in [5.74, 6) is 0.635. The number of nitrogens with one attached hydrogen (secondary N) is 1. The fourth-order valence-corrected chi connectivity index (χ4v) is 2.42. The van der Waals surface area contributed by atoms with Crippen LogP contribution in [0.15, 0.2) is 18.6 Å². The monoisotopic (exact) mass is 220 g/mol. The molecule has 16 heavy (non-hydrogen) atoms. The molecule has 1 aromatic rings. The minimum atomic E-state index is 0.564. The summed E-state index contributed by atoms with van der Waals surface area (Å²) in [6, 6.07) is 2.52. The van der Waals surface area contributed by atoms with E-state index in [-0.39, 0.29) is 0 Å². The van der Waals surface area contributed by atoms with Gasteiger partial charge in [-0.25, -0.2) is 9.97 Å². The summed E-state index contributed by atoms with van der Waals surface area (Å²) in [7, 11) is 0. The topological polar surface area (TPSA) is 63.8 Å². The first kappa shape index (κ1) is 11.5. The van der Waals surface area contributed by atoms with Crippen molar-refractivity contribution >= 4 is 0 Å². The van der Waals surface area contributed by atoms with Crippen molar-refractivity contribution < 1.29 is 0 Å². The third-order valence-corrected chi connectivity index (χ3v) is 3.40. The molecule has 2 unspecified atom stereocenters. The number of aromatic nitrogens is 2. The van der Waals surface area contributed by atoms with Crippen LogP contribution in [0.5, 0.6) is 0 Å². The average Bonchev–Trinajstić information content (AvgIpc) is 2.38. The molecule has 1 heterocycles. The normalized spacial score (nSPS) is 25.6. The Bertz CT molecular complexity index is 301. The summed E-state index contributed by atoms with van der Waals surface area (Å²) >= 11 is 0. The van der Waals surface area contributed by atoms with Gasteiger partial charge >= 0.3 is 0 Å². The smallest absolute Gasteiger partial charge is 0.115 e. The SMILES string of the molecule is NCC1CCCCC1NCc1ccncn1. The van der Waals surface area contributed by atoms with Crippen molar-refractivity contribution in [2.45, 2.75) is 38.3 Å².